The second kappa shape index (κ2) is 5.98. The van der Waals surface area contributed by atoms with Crippen molar-refractivity contribution in [1.29, 1.82) is 0 Å². The fourth-order valence-electron chi connectivity index (χ4n) is 1.87. The minimum atomic E-state index is -2.91. The van der Waals surface area contributed by atoms with Crippen LogP contribution in [0.25, 0.3) is 0 Å². The summed E-state index contributed by atoms with van der Waals surface area (Å²) in [5.41, 5.74) is 5.55. The maximum atomic E-state index is 11.7. The lowest BCUT2D eigenvalue weighted by Gasteiger charge is -2.37. The first-order valence-electron chi connectivity index (χ1n) is 6.13. The number of hydrogen-bond donors (Lipinski definition) is 1. The number of nitrogens with two attached hydrogens (primary N) is 1. The fraction of sp³-hybridized carbons (Fsp3) is 1.00. The monoisotopic (exact) mass is 248 g/mol. The number of rotatable bonds is 7. The molecular formula is C11H24N2O2S. The normalized spacial score (nSPS) is 18.1. The van der Waals surface area contributed by atoms with Gasteiger partial charge in [0.1, 0.15) is 0 Å². The summed E-state index contributed by atoms with van der Waals surface area (Å²) in [5, 5.41) is -0.270. The summed E-state index contributed by atoms with van der Waals surface area (Å²) in [6.07, 6.45) is 3.66. The predicted octanol–water partition coefficient (Wildman–Crippen LogP) is 0.623. The van der Waals surface area contributed by atoms with Gasteiger partial charge in [0.25, 0.3) is 0 Å². The van der Waals surface area contributed by atoms with Crippen LogP contribution in [-0.4, -0.2) is 50.0 Å². The lowest BCUT2D eigenvalue weighted by molar-refractivity contribution is 0.139. The quantitative estimate of drug-likeness (QED) is 0.717. The van der Waals surface area contributed by atoms with Gasteiger partial charge in [-0.3, -0.25) is 4.90 Å². The molecule has 16 heavy (non-hydrogen) atoms. The maximum absolute atomic E-state index is 11.7. The largest absolute Gasteiger partial charge is 0.329 e. The van der Waals surface area contributed by atoms with Crippen LogP contribution in [0.5, 0.6) is 0 Å². The molecule has 0 aliphatic heterocycles. The highest BCUT2D eigenvalue weighted by atomic mass is 32.2. The van der Waals surface area contributed by atoms with Crippen molar-refractivity contribution in [2.24, 2.45) is 5.73 Å². The van der Waals surface area contributed by atoms with E-state index < -0.39 is 9.84 Å². The Morgan fingerprint density at radius 1 is 1.31 bits per heavy atom. The maximum Gasteiger partial charge on any atom is 0.153 e. The van der Waals surface area contributed by atoms with Gasteiger partial charge in [0.2, 0.25) is 0 Å². The van der Waals surface area contributed by atoms with Crippen molar-refractivity contribution in [3.63, 3.8) is 0 Å². The smallest absolute Gasteiger partial charge is 0.153 e. The summed E-state index contributed by atoms with van der Waals surface area (Å²) in [6.45, 7) is 5.55. The lowest BCUT2D eigenvalue weighted by Crippen LogP contribution is -2.45. The molecule has 0 unspecified atom stereocenters. The Hall–Kier alpha value is -0.130. The van der Waals surface area contributed by atoms with Crippen LogP contribution in [0.1, 0.15) is 33.1 Å². The van der Waals surface area contributed by atoms with Crippen LogP contribution in [0, 0.1) is 0 Å². The van der Waals surface area contributed by atoms with Gasteiger partial charge in [-0.1, -0.05) is 6.42 Å². The zero-order valence-electron chi connectivity index (χ0n) is 10.4. The standard InChI is InChI=1S/C11H24N2O2S/c1-10(2)16(14,15)9-8-13(7-6-12)11-4-3-5-11/h10-11H,3-9,12H2,1-2H3. The van der Waals surface area contributed by atoms with Crippen molar-refractivity contribution in [3.05, 3.63) is 0 Å². The van der Waals surface area contributed by atoms with Gasteiger partial charge >= 0.3 is 0 Å². The average molecular weight is 248 g/mol. The molecule has 1 saturated carbocycles. The molecule has 5 heteroatoms. The second-order valence-corrected chi connectivity index (χ2v) is 7.50. The fourth-order valence-corrected chi connectivity index (χ4v) is 2.84. The molecule has 0 heterocycles. The highest BCUT2D eigenvalue weighted by molar-refractivity contribution is 7.92. The van der Waals surface area contributed by atoms with Gasteiger partial charge in [0.05, 0.1) is 11.0 Å². The van der Waals surface area contributed by atoms with Gasteiger partial charge in [-0.05, 0) is 26.7 Å². The zero-order chi connectivity index (χ0) is 12.2. The first kappa shape index (κ1) is 13.9. The summed E-state index contributed by atoms with van der Waals surface area (Å²) < 4.78 is 23.4. The van der Waals surface area contributed by atoms with E-state index in [1.54, 1.807) is 13.8 Å². The van der Waals surface area contributed by atoms with Crippen LogP contribution >= 0.6 is 0 Å². The van der Waals surface area contributed by atoms with Gasteiger partial charge in [-0.15, -0.1) is 0 Å². The molecule has 96 valence electrons. The molecule has 0 bridgehead atoms. The Balaban J connectivity index is 2.43. The Bertz CT molecular complexity index is 297. The highest BCUT2D eigenvalue weighted by Crippen LogP contribution is 2.24. The summed E-state index contributed by atoms with van der Waals surface area (Å²) in [7, 11) is -2.91. The van der Waals surface area contributed by atoms with Gasteiger partial charge in [-0.2, -0.15) is 0 Å². The van der Waals surface area contributed by atoms with Crippen molar-refractivity contribution in [3.8, 4) is 0 Å². The van der Waals surface area contributed by atoms with E-state index in [-0.39, 0.29) is 11.0 Å². The van der Waals surface area contributed by atoms with Crippen molar-refractivity contribution < 1.29 is 8.42 Å². The summed E-state index contributed by atoms with van der Waals surface area (Å²) in [5.74, 6) is 0.265. The molecule has 0 spiro atoms. The van der Waals surface area contributed by atoms with E-state index in [0.29, 0.717) is 19.1 Å². The average Bonchev–Trinajstić information content (AvgIpc) is 2.11. The third kappa shape index (κ3) is 3.71. The van der Waals surface area contributed by atoms with E-state index >= 15 is 0 Å². The predicted molar refractivity (Wildman–Crippen MR) is 67.2 cm³/mol. The van der Waals surface area contributed by atoms with E-state index in [0.717, 1.165) is 6.54 Å². The minimum absolute atomic E-state index is 0.265. The van der Waals surface area contributed by atoms with Crippen molar-refractivity contribution in [1.82, 2.24) is 4.90 Å². The van der Waals surface area contributed by atoms with Crippen molar-refractivity contribution in [2.45, 2.75) is 44.4 Å². The van der Waals surface area contributed by atoms with Crippen molar-refractivity contribution >= 4 is 9.84 Å². The Morgan fingerprint density at radius 2 is 1.94 bits per heavy atom. The molecule has 2 N–H and O–H groups in total. The minimum Gasteiger partial charge on any atom is -0.329 e. The first-order chi connectivity index (χ1) is 7.47. The Morgan fingerprint density at radius 3 is 2.31 bits per heavy atom. The third-order valence-electron chi connectivity index (χ3n) is 3.39. The molecule has 1 fully saturated rings. The van der Waals surface area contributed by atoms with Crippen LogP contribution in [-0.2, 0) is 9.84 Å². The van der Waals surface area contributed by atoms with Gasteiger partial charge in [-0.25, -0.2) is 8.42 Å². The van der Waals surface area contributed by atoms with E-state index in [4.69, 9.17) is 5.73 Å². The molecule has 1 aliphatic carbocycles. The molecule has 0 aromatic heterocycles. The highest BCUT2D eigenvalue weighted by Gasteiger charge is 2.26. The molecule has 0 radical (unpaired) electrons. The van der Waals surface area contributed by atoms with Gasteiger partial charge in [0.15, 0.2) is 9.84 Å². The molecule has 0 aromatic carbocycles. The molecule has 1 rings (SSSR count). The zero-order valence-corrected chi connectivity index (χ0v) is 11.2. The van der Waals surface area contributed by atoms with Crippen LogP contribution in [0.15, 0.2) is 0 Å². The van der Waals surface area contributed by atoms with E-state index in [1.807, 2.05) is 0 Å². The van der Waals surface area contributed by atoms with E-state index in [9.17, 15) is 8.42 Å². The topological polar surface area (TPSA) is 63.4 Å². The van der Waals surface area contributed by atoms with Crippen LogP contribution in [0.3, 0.4) is 0 Å². The first-order valence-corrected chi connectivity index (χ1v) is 7.84. The van der Waals surface area contributed by atoms with Crippen LogP contribution < -0.4 is 5.73 Å². The molecule has 1 aliphatic rings. The second-order valence-electron chi connectivity index (χ2n) is 4.83. The summed E-state index contributed by atoms with van der Waals surface area (Å²) in [4.78, 5) is 2.24. The van der Waals surface area contributed by atoms with E-state index in [1.165, 1.54) is 19.3 Å². The Kier molecular flexibility index (Phi) is 5.21. The van der Waals surface area contributed by atoms with Crippen LogP contribution in [0.2, 0.25) is 0 Å². The lowest BCUT2D eigenvalue weighted by atomic mass is 9.91. The Labute approximate surface area is 99.1 Å². The van der Waals surface area contributed by atoms with Gasteiger partial charge < -0.3 is 5.73 Å². The molecule has 0 aromatic rings. The van der Waals surface area contributed by atoms with Crippen LogP contribution in [0.4, 0.5) is 0 Å². The molecular weight excluding hydrogens is 224 g/mol. The SMILES string of the molecule is CC(C)S(=O)(=O)CCN(CCN)C1CCC1. The third-order valence-corrected chi connectivity index (χ3v) is 5.58. The molecule has 4 nitrogen and oxygen atoms in total. The summed E-state index contributed by atoms with van der Waals surface area (Å²) >= 11 is 0. The van der Waals surface area contributed by atoms with Crippen molar-refractivity contribution in [2.75, 3.05) is 25.4 Å². The molecule has 0 saturated heterocycles. The van der Waals surface area contributed by atoms with E-state index in [2.05, 4.69) is 4.90 Å². The summed E-state index contributed by atoms with van der Waals surface area (Å²) in [6, 6.07) is 0.575. The number of nitrogens with zero attached hydrogens (tertiary/aromatic N) is 1. The van der Waals surface area contributed by atoms with Gasteiger partial charge in [0, 0.05) is 25.7 Å². The number of sulfone groups is 1. The number of hydrogen-bond acceptors (Lipinski definition) is 4. The molecule has 0 amide bonds. The molecule has 0 atom stereocenters.